The van der Waals surface area contributed by atoms with Crippen LogP contribution >= 0.6 is 0 Å². The van der Waals surface area contributed by atoms with Crippen molar-refractivity contribution < 1.29 is 14.3 Å². The molecule has 0 N–H and O–H groups in total. The van der Waals surface area contributed by atoms with Crippen LogP contribution in [-0.4, -0.2) is 18.4 Å². The molecule has 0 bridgehead atoms. The lowest BCUT2D eigenvalue weighted by atomic mass is 9.88. The van der Waals surface area contributed by atoms with Gasteiger partial charge in [-0.1, -0.05) is 20.8 Å². The molecule has 13 heavy (non-hydrogen) atoms. The van der Waals surface area contributed by atoms with Crippen LogP contribution in [0, 0.1) is 5.41 Å². The molecule has 0 heterocycles. The Labute approximate surface area is 79.5 Å². The molecule has 0 radical (unpaired) electrons. The molecule has 76 valence electrons. The fraction of sp³-hybridized carbons (Fsp3) is 0.800. The average Bonchev–Trinajstić information content (AvgIpc) is 2.02. The van der Waals surface area contributed by atoms with Gasteiger partial charge in [0.05, 0.1) is 0 Å². The zero-order valence-corrected chi connectivity index (χ0v) is 8.79. The number of hydrogen-bond acceptors (Lipinski definition) is 3. The summed E-state index contributed by atoms with van der Waals surface area (Å²) < 4.78 is 5.04. The summed E-state index contributed by atoms with van der Waals surface area (Å²) in [5.41, 5.74) is -0.407. The van der Waals surface area contributed by atoms with Crippen molar-refractivity contribution in [3.8, 4) is 0 Å². The van der Waals surface area contributed by atoms with Gasteiger partial charge in [0.15, 0.2) is 0 Å². The first kappa shape index (κ1) is 12.1. The van der Waals surface area contributed by atoms with Crippen LogP contribution in [0.25, 0.3) is 0 Å². The summed E-state index contributed by atoms with van der Waals surface area (Å²) in [4.78, 5) is 21.3. The van der Waals surface area contributed by atoms with E-state index in [1.807, 2.05) is 20.8 Å². The van der Waals surface area contributed by atoms with E-state index in [0.29, 0.717) is 6.42 Å². The number of aldehydes is 1. The van der Waals surface area contributed by atoms with Crippen LogP contribution < -0.4 is 0 Å². The lowest BCUT2D eigenvalue weighted by molar-refractivity contribution is -0.148. The second-order valence-corrected chi connectivity index (χ2v) is 3.95. The maximum Gasteiger partial charge on any atom is 0.302 e. The molecule has 0 fully saturated rings. The predicted molar refractivity (Wildman–Crippen MR) is 50.3 cm³/mol. The molecule has 1 atom stereocenters. The van der Waals surface area contributed by atoms with E-state index >= 15 is 0 Å². The van der Waals surface area contributed by atoms with Gasteiger partial charge in [-0.25, -0.2) is 0 Å². The number of carbonyl (C=O) groups excluding carboxylic acids is 2. The molecule has 0 spiro atoms. The number of esters is 1. The Morgan fingerprint density at radius 2 is 2.08 bits per heavy atom. The summed E-state index contributed by atoms with van der Waals surface area (Å²) in [6.07, 6.45) is 2.10. The van der Waals surface area contributed by atoms with Crippen molar-refractivity contribution in [3.05, 3.63) is 0 Å². The first-order valence-electron chi connectivity index (χ1n) is 4.55. The smallest absolute Gasteiger partial charge is 0.302 e. The zero-order valence-electron chi connectivity index (χ0n) is 8.79. The van der Waals surface area contributed by atoms with Crippen molar-refractivity contribution in [2.75, 3.05) is 0 Å². The van der Waals surface area contributed by atoms with Gasteiger partial charge in [0.1, 0.15) is 12.4 Å². The van der Waals surface area contributed by atoms with Crippen LogP contribution in [-0.2, 0) is 14.3 Å². The Kier molecular flexibility index (Phi) is 4.67. The summed E-state index contributed by atoms with van der Waals surface area (Å²) in [6.45, 7) is 7.00. The third-order valence-electron chi connectivity index (χ3n) is 1.86. The van der Waals surface area contributed by atoms with E-state index in [4.69, 9.17) is 4.74 Å². The average molecular weight is 186 g/mol. The molecule has 1 unspecified atom stereocenters. The quantitative estimate of drug-likeness (QED) is 0.487. The highest BCUT2D eigenvalue weighted by atomic mass is 16.5. The van der Waals surface area contributed by atoms with Crippen molar-refractivity contribution in [1.82, 2.24) is 0 Å². The van der Waals surface area contributed by atoms with E-state index in [2.05, 4.69) is 0 Å². The number of rotatable bonds is 5. The van der Waals surface area contributed by atoms with E-state index in [-0.39, 0.29) is 12.1 Å². The van der Waals surface area contributed by atoms with Gasteiger partial charge in [0.25, 0.3) is 0 Å². The Hall–Kier alpha value is -0.860. The monoisotopic (exact) mass is 186 g/mol. The fourth-order valence-electron chi connectivity index (χ4n) is 1.14. The summed E-state index contributed by atoms with van der Waals surface area (Å²) >= 11 is 0. The van der Waals surface area contributed by atoms with Gasteiger partial charge in [0, 0.05) is 12.3 Å². The Morgan fingerprint density at radius 3 is 2.38 bits per heavy atom. The van der Waals surface area contributed by atoms with Gasteiger partial charge >= 0.3 is 5.97 Å². The first-order chi connectivity index (χ1) is 5.91. The lowest BCUT2D eigenvalue weighted by Gasteiger charge is -2.23. The zero-order chi connectivity index (χ0) is 10.5. The Bertz CT molecular complexity index is 185. The normalized spacial score (nSPS) is 13.5. The standard InChI is InChI=1S/C10H18O3/c1-5-9(13-8(2)12)6-10(3,4)7-11/h7,9H,5-6H2,1-4H3. The molecule has 0 aliphatic heterocycles. The Balaban J connectivity index is 4.12. The van der Waals surface area contributed by atoms with E-state index in [1.54, 1.807) is 0 Å². The minimum absolute atomic E-state index is 0.141. The first-order valence-corrected chi connectivity index (χ1v) is 4.55. The van der Waals surface area contributed by atoms with Crippen LogP contribution in [0.2, 0.25) is 0 Å². The lowest BCUT2D eigenvalue weighted by Crippen LogP contribution is -2.25. The number of ether oxygens (including phenoxy) is 1. The van der Waals surface area contributed by atoms with Crippen LogP contribution in [0.4, 0.5) is 0 Å². The highest BCUT2D eigenvalue weighted by Crippen LogP contribution is 2.22. The Morgan fingerprint density at radius 1 is 1.54 bits per heavy atom. The van der Waals surface area contributed by atoms with E-state index in [0.717, 1.165) is 12.7 Å². The second-order valence-electron chi connectivity index (χ2n) is 3.95. The van der Waals surface area contributed by atoms with Gasteiger partial charge in [-0.05, 0) is 12.8 Å². The van der Waals surface area contributed by atoms with Crippen molar-refractivity contribution in [1.29, 1.82) is 0 Å². The molecular formula is C10H18O3. The third-order valence-corrected chi connectivity index (χ3v) is 1.86. The third kappa shape index (κ3) is 5.39. The van der Waals surface area contributed by atoms with E-state index in [9.17, 15) is 9.59 Å². The van der Waals surface area contributed by atoms with E-state index in [1.165, 1.54) is 6.92 Å². The molecular weight excluding hydrogens is 168 g/mol. The predicted octanol–water partition coefficient (Wildman–Crippen LogP) is 1.94. The summed E-state index contributed by atoms with van der Waals surface area (Å²) in [5, 5.41) is 0. The highest BCUT2D eigenvalue weighted by molar-refractivity contribution is 5.66. The molecule has 0 saturated heterocycles. The van der Waals surface area contributed by atoms with Crippen molar-refractivity contribution in [2.45, 2.75) is 46.6 Å². The maximum absolute atomic E-state index is 10.7. The SMILES string of the molecule is CCC(CC(C)(C)C=O)OC(C)=O. The molecule has 3 nitrogen and oxygen atoms in total. The summed E-state index contributed by atoms with van der Waals surface area (Å²) in [7, 11) is 0. The number of carbonyl (C=O) groups is 2. The second kappa shape index (κ2) is 5.00. The minimum Gasteiger partial charge on any atom is -0.463 e. The summed E-state index contributed by atoms with van der Waals surface area (Å²) in [6, 6.07) is 0. The highest BCUT2D eigenvalue weighted by Gasteiger charge is 2.23. The molecule has 0 saturated carbocycles. The van der Waals surface area contributed by atoms with Gasteiger partial charge in [-0.3, -0.25) is 4.79 Å². The maximum atomic E-state index is 10.7. The molecule has 0 aliphatic rings. The van der Waals surface area contributed by atoms with Crippen molar-refractivity contribution in [2.24, 2.45) is 5.41 Å². The van der Waals surface area contributed by atoms with Gasteiger partial charge in [-0.15, -0.1) is 0 Å². The van der Waals surface area contributed by atoms with Gasteiger partial charge < -0.3 is 9.53 Å². The molecule has 0 rings (SSSR count). The van der Waals surface area contributed by atoms with Crippen LogP contribution in [0.15, 0.2) is 0 Å². The molecule has 0 aromatic rings. The fourth-order valence-corrected chi connectivity index (χ4v) is 1.14. The molecule has 3 heteroatoms. The molecule has 0 aromatic carbocycles. The molecule has 0 aliphatic carbocycles. The van der Waals surface area contributed by atoms with Crippen LogP contribution in [0.3, 0.4) is 0 Å². The van der Waals surface area contributed by atoms with Crippen molar-refractivity contribution in [3.63, 3.8) is 0 Å². The van der Waals surface area contributed by atoms with Gasteiger partial charge in [0.2, 0.25) is 0 Å². The van der Waals surface area contributed by atoms with Crippen LogP contribution in [0.5, 0.6) is 0 Å². The minimum atomic E-state index is -0.407. The summed E-state index contributed by atoms with van der Waals surface area (Å²) in [5.74, 6) is -0.284. The van der Waals surface area contributed by atoms with Crippen LogP contribution in [0.1, 0.15) is 40.5 Å². The molecule has 0 amide bonds. The number of hydrogen-bond donors (Lipinski definition) is 0. The topological polar surface area (TPSA) is 43.4 Å². The molecule has 0 aromatic heterocycles. The largest absolute Gasteiger partial charge is 0.463 e. The van der Waals surface area contributed by atoms with E-state index < -0.39 is 5.41 Å². The van der Waals surface area contributed by atoms with Gasteiger partial charge in [-0.2, -0.15) is 0 Å². The van der Waals surface area contributed by atoms with Crippen molar-refractivity contribution >= 4 is 12.3 Å².